The Morgan fingerprint density at radius 1 is 1.48 bits per heavy atom. The largest absolute Gasteiger partial charge is 0.475 e. The minimum atomic E-state index is -1.24. The van der Waals surface area contributed by atoms with E-state index < -0.39 is 17.9 Å². The van der Waals surface area contributed by atoms with Gasteiger partial charge in [0, 0.05) is 37.0 Å². The number of carbonyl (C=O) groups is 2. The van der Waals surface area contributed by atoms with Crippen molar-refractivity contribution in [2.24, 2.45) is 0 Å². The Morgan fingerprint density at radius 2 is 2.26 bits per heavy atom. The molecule has 1 saturated heterocycles. The van der Waals surface area contributed by atoms with Crippen molar-refractivity contribution in [2.45, 2.75) is 12.5 Å². The highest BCUT2D eigenvalue weighted by Crippen LogP contribution is 2.32. The van der Waals surface area contributed by atoms with Crippen molar-refractivity contribution >= 4 is 28.7 Å². The molecule has 1 unspecified atom stereocenters. The van der Waals surface area contributed by atoms with Crippen LogP contribution in [0.1, 0.15) is 17.0 Å². The molecule has 8 heteroatoms. The maximum Gasteiger partial charge on any atom is 0.406 e. The molecule has 1 aliphatic heterocycles. The lowest BCUT2D eigenvalue weighted by Crippen LogP contribution is -2.53. The van der Waals surface area contributed by atoms with Gasteiger partial charge < -0.3 is 24.5 Å². The summed E-state index contributed by atoms with van der Waals surface area (Å²) in [6, 6.07) is 4.14. The van der Waals surface area contributed by atoms with Gasteiger partial charge in [0.15, 0.2) is 0 Å². The van der Waals surface area contributed by atoms with E-state index in [2.05, 4.69) is 10.1 Å². The number of carboxylic acids is 1. The third-order valence-electron chi connectivity index (χ3n) is 3.93. The number of furan rings is 1. The Balaban J connectivity index is 1.82. The zero-order valence-corrected chi connectivity index (χ0v) is 12.3. The molecule has 2 N–H and O–H groups in total. The number of carbonyl (C=O) groups excluding carboxylic acids is 1. The number of nitrogens with zero attached hydrogens (tertiary/aromatic N) is 1. The predicted octanol–water partition coefficient (Wildman–Crippen LogP) is 2.20. The summed E-state index contributed by atoms with van der Waals surface area (Å²) < 4.78 is 23.8. The molecule has 0 aliphatic carbocycles. The summed E-state index contributed by atoms with van der Waals surface area (Å²) in [4.78, 5) is 23.9. The molecule has 2 heterocycles. The number of halogens is 1. The van der Waals surface area contributed by atoms with Gasteiger partial charge in [-0.2, -0.15) is 0 Å². The third kappa shape index (κ3) is 2.79. The van der Waals surface area contributed by atoms with Crippen LogP contribution in [0.3, 0.4) is 0 Å². The Morgan fingerprint density at radius 3 is 2.87 bits per heavy atom. The van der Waals surface area contributed by atoms with E-state index >= 15 is 0 Å². The van der Waals surface area contributed by atoms with Gasteiger partial charge in [-0.25, -0.2) is 14.0 Å². The average molecular weight is 322 g/mol. The highest BCUT2D eigenvalue weighted by atomic mass is 19.1. The van der Waals surface area contributed by atoms with Crippen LogP contribution >= 0.6 is 0 Å². The molecule has 1 aliphatic rings. The maximum absolute atomic E-state index is 14.2. The van der Waals surface area contributed by atoms with Crippen LogP contribution in [0.4, 0.5) is 14.9 Å². The summed E-state index contributed by atoms with van der Waals surface area (Å²) >= 11 is 0. The van der Waals surface area contributed by atoms with Crippen LogP contribution in [-0.2, 0) is 4.74 Å². The number of carboxylic acid groups (broad SMARTS) is 1. The molecule has 2 aromatic rings. The number of aromatic carboxylic acids is 1. The zero-order chi connectivity index (χ0) is 16.6. The SMILES string of the molecule is COC(=O)NCC1CCN1c1cc(F)c2cc(C(=O)O)oc2c1. The summed E-state index contributed by atoms with van der Waals surface area (Å²) in [5, 5.41) is 11.7. The summed E-state index contributed by atoms with van der Waals surface area (Å²) in [7, 11) is 1.29. The quantitative estimate of drug-likeness (QED) is 0.896. The van der Waals surface area contributed by atoms with Crippen LogP contribution in [0.5, 0.6) is 0 Å². The number of amides is 1. The maximum atomic E-state index is 14.2. The van der Waals surface area contributed by atoms with Gasteiger partial charge in [0.05, 0.1) is 12.5 Å². The highest BCUT2D eigenvalue weighted by Gasteiger charge is 2.29. The lowest BCUT2D eigenvalue weighted by molar-refractivity contribution is 0.0665. The molecular weight excluding hydrogens is 307 g/mol. The number of anilines is 1. The van der Waals surface area contributed by atoms with Crippen LogP contribution < -0.4 is 10.2 Å². The van der Waals surface area contributed by atoms with E-state index in [0.29, 0.717) is 18.8 Å². The first kappa shape index (κ1) is 15.1. The van der Waals surface area contributed by atoms with E-state index in [0.717, 1.165) is 6.42 Å². The fraction of sp³-hybridized carbons (Fsp3) is 0.333. The second-order valence-corrected chi connectivity index (χ2v) is 5.26. The van der Waals surface area contributed by atoms with Gasteiger partial charge in [0.1, 0.15) is 11.4 Å². The number of nitrogens with one attached hydrogen (secondary N) is 1. The van der Waals surface area contributed by atoms with Crippen molar-refractivity contribution in [1.82, 2.24) is 5.32 Å². The smallest absolute Gasteiger partial charge is 0.406 e. The van der Waals surface area contributed by atoms with Gasteiger partial charge in [0.25, 0.3) is 0 Å². The van der Waals surface area contributed by atoms with E-state index in [-0.39, 0.29) is 22.8 Å². The van der Waals surface area contributed by atoms with E-state index in [9.17, 15) is 14.0 Å². The van der Waals surface area contributed by atoms with Gasteiger partial charge in [-0.1, -0.05) is 0 Å². The van der Waals surface area contributed by atoms with Gasteiger partial charge in [-0.3, -0.25) is 0 Å². The monoisotopic (exact) mass is 322 g/mol. The summed E-state index contributed by atoms with van der Waals surface area (Å²) in [6.45, 7) is 1.09. The van der Waals surface area contributed by atoms with E-state index in [1.165, 1.54) is 19.2 Å². The first-order chi connectivity index (χ1) is 11.0. The second kappa shape index (κ2) is 5.79. The number of ether oxygens (including phenoxy) is 1. The molecule has 0 bridgehead atoms. The van der Waals surface area contributed by atoms with Crippen LogP contribution in [0.15, 0.2) is 22.6 Å². The topological polar surface area (TPSA) is 92.0 Å². The van der Waals surface area contributed by atoms with Crippen molar-refractivity contribution in [3.8, 4) is 0 Å². The van der Waals surface area contributed by atoms with Crippen molar-refractivity contribution in [1.29, 1.82) is 0 Å². The van der Waals surface area contributed by atoms with Gasteiger partial charge in [0.2, 0.25) is 5.76 Å². The lowest BCUT2D eigenvalue weighted by Gasteiger charge is -2.42. The molecule has 1 fully saturated rings. The first-order valence-corrected chi connectivity index (χ1v) is 7.04. The summed E-state index contributed by atoms with van der Waals surface area (Å²) in [5.74, 6) is -2.09. The number of hydrogen-bond donors (Lipinski definition) is 2. The summed E-state index contributed by atoms with van der Waals surface area (Å²) in [6.07, 6.45) is 0.331. The van der Waals surface area contributed by atoms with E-state index in [4.69, 9.17) is 9.52 Å². The Labute approximate surface area is 130 Å². The molecule has 0 saturated carbocycles. The molecule has 7 nitrogen and oxygen atoms in total. The van der Waals surface area contributed by atoms with Crippen LogP contribution in [0.2, 0.25) is 0 Å². The molecule has 3 rings (SSSR count). The standard InChI is InChI=1S/C15H15FN2O5/c1-22-15(21)17-7-8-2-3-18(8)9-4-11(16)10-6-13(14(19)20)23-12(10)5-9/h4-6,8H,2-3,7H2,1H3,(H,17,21)(H,19,20). The van der Waals surface area contributed by atoms with Gasteiger partial charge in [-0.05, 0) is 12.5 Å². The number of hydrogen-bond acceptors (Lipinski definition) is 5. The molecular formula is C15H15FN2O5. The highest BCUT2D eigenvalue weighted by molar-refractivity contribution is 5.92. The molecule has 1 atom stereocenters. The van der Waals surface area contributed by atoms with Crippen LogP contribution in [0.25, 0.3) is 11.0 Å². The molecule has 122 valence electrons. The van der Waals surface area contributed by atoms with Crippen molar-refractivity contribution in [2.75, 3.05) is 25.1 Å². The second-order valence-electron chi connectivity index (χ2n) is 5.26. The molecule has 23 heavy (non-hydrogen) atoms. The van der Waals surface area contributed by atoms with E-state index in [1.54, 1.807) is 6.07 Å². The molecule has 1 amide bonds. The van der Waals surface area contributed by atoms with Gasteiger partial charge >= 0.3 is 12.1 Å². The fourth-order valence-corrected chi connectivity index (χ4v) is 2.62. The molecule has 1 aromatic carbocycles. The number of rotatable bonds is 4. The number of benzene rings is 1. The van der Waals surface area contributed by atoms with Crippen LogP contribution in [-0.4, -0.2) is 43.4 Å². The third-order valence-corrected chi connectivity index (χ3v) is 3.93. The lowest BCUT2D eigenvalue weighted by atomic mass is 10.0. The van der Waals surface area contributed by atoms with E-state index in [1.807, 2.05) is 4.90 Å². The first-order valence-electron chi connectivity index (χ1n) is 7.04. The number of fused-ring (bicyclic) bond motifs is 1. The minimum absolute atomic E-state index is 0.0276. The molecule has 0 radical (unpaired) electrons. The Bertz CT molecular complexity index is 773. The zero-order valence-electron chi connectivity index (χ0n) is 12.3. The van der Waals surface area contributed by atoms with Gasteiger partial charge in [-0.15, -0.1) is 0 Å². The number of alkyl carbamates (subject to hydrolysis) is 1. The van der Waals surface area contributed by atoms with Crippen molar-refractivity contribution in [3.63, 3.8) is 0 Å². The van der Waals surface area contributed by atoms with Crippen molar-refractivity contribution < 1.29 is 28.2 Å². The predicted molar refractivity (Wildman–Crippen MR) is 79.3 cm³/mol. The normalized spacial score (nSPS) is 17.0. The molecule has 0 spiro atoms. The minimum Gasteiger partial charge on any atom is -0.475 e. The molecule has 1 aromatic heterocycles. The Hall–Kier alpha value is -2.77. The fourth-order valence-electron chi connectivity index (χ4n) is 2.62. The number of methoxy groups -OCH3 is 1. The Kier molecular flexibility index (Phi) is 3.81. The van der Waals surface area contributed by atoms with Crippen molar-refractivity contribution in [3.05, 3.63) is 29.8 Å². The summed E-state index contributed by atoms with van der Waals surface area (Å²) in [5.41, 5.74) is 0.771. The van der Waals surface area contributed by atoms with Crippen LogP contribution in [0, 0.1) is 5.82 Å². The average Bonchev–Trinajstić information content (AvgIpc) is 2.91.